The van der Waals surface area contributed by atoms with Gasteiger partial charge >= 0.3 is 0 Å². The van der Waals surface area contributed by atoms with Crippen LogP contribution in [0.15, 0.2) is 54.7 Å². The Kier molecular flexibility index (Phi) is 3.85. The highest BCUT2D eigenvalue weighted by Crippen LogP contribution is 2.27. The van der Waals surface area contributed by atoms with E-state index in [0.717, 1.165) is 34.6 Å². The number of nitrogens with zero attached hydrogens (tertiary/aromatic N) is 2. The van der Waals surface area contributed by atoms with Crippen LogP contribution in [-0.2, 0) is 12.8 Å². The van der Waals surface area contributed by atoms with Crippen LogP contribution in [-0.4, -0.2) is 9.97 Å². The topological polar surface area (TPSA) is 51.8 Å². The van der Waals surface area contributed by atoms with Crippen LogP contribution in [0, 0.1) is 13.8 Å². The van der Waals surface area contributed by atoms with Gasteiger partial charge in [0.2, 0.25) is 0 Å². The van der Waals surface area contributed by atoms with Gasteiger partial charge in [0.15, 0.2) is 5.82 Å². The van der Waals surface area contributed by atoms with Crippen molar-refractivity contribution in [2.45, 2.75) is 26.7 Å². The first-order valence-corrected chi connectivity index (χ1v) is 8.61. The number of anilines is 1. The standard InChI is InChI=1S/C22H21N3/c1-14-7-9-17(15(2)11-14)10-8-16-12-19-18-5-3-4-6-20(18)25-22(23)21(19)24-13-16/h3-7,9,11-13H,8,10H2,1-2H3,(H2,23,25). The molecule has 0 aliphatic carbocycles. The molecule has 2 aromatic heterocycles. The van der Waals surface area contributed by atoms with Crippen molar-refractivity contribution in [3.8, 4) is 0 Å². The van der Waals surface area contributed by atoms with Gasteiger partial charge in [0, 0.05) is 17.0 Å². The maximum Gasteiger partial charge on any atom is 0.150 e. The first-order chi connectivity index (χ1) is 12.1. The fourth-order valence-electron chi connectivity index (χ4n) is 3.44. The molecule has 25 heavy (non-hydrogen) atoms. The molecular weight excluding hydrogens is 306 g/mol. The molecule has 2 aromatic carbocycles. The van der Waals surface area contributed by atoms with E-state index in [0.29, 0.717) is 5.82 Å². The lowest BCUT2D eigenvalue weighted by molar-refractivity contribution is 0.943. The van der Waals surface area contributed by atoms with Crippen molar-refractivity contribution in [1.29, 1.82) is 0 Å². The summed E-state index contributed by atoms with van der Waals surface area (Å²) in [4.78, 5) is 9.05. The molecule has 4 aromatic rings. The van der Waals surface area contributed by atoms with Crippen LogP contribution in [0.5, 0.6) is 0 Å². The SMILES string of the molecule is Cc1ccc(CCc2cnc3c(N)nc4ccccc4c3c2)c(C)c1. The van der Waals surface area contributed by atoms with Crippen LogP contribution < -0.4 is 5.73 Å². The van der Waals surface area contributed by atoms with E-state index in [1.165, 1.54) is 22.3 Å². The van der Waals surface area contributed by atoms with Gasteiger partial charge in [-0.05, 0) is 55.5 Å². The summed E-state index contributed by atoms with van der Waals surface area (Å²) >= 11 is 0. The molecule has 2 N–H and O–H groups in total. The van der Waals surface area contributed by atoms with E-state index in [4.69, 9.17) is 5.73 Å². The van der Waals surface area contributed by atoms with Crippen molar-refractivity contribution < 1.29 is 0 Å². The minimum Gasteiger partial charge on any atom is -0.382 e. The molecule has 0 fully saturated rings. The highest BCUT2D eigenvalue weighted by Gasteiger charge is 2.08. The van der Waals surface area contributed by atoms with Gasteiger partial charge in [-0.2, -0.15) is 0 Å². The number of nitrogens with two attached hydrogens (primary N) is 1. The fourth-order valence-corrected chi connectivity index (χ4v) is 3.44. The van der Waals surface area contributed by atoms with E-state index in [9.17, 15) is 0 Å². The summed E-state index contributed by atoms with van der Waals surface area (Å²) < 4.78 is 0. The average Bonchev–Trinajstić information content (AvgIpc) is 2.61. The second-order valence-corrected chi connectivity index (χ2v) is 6.68. The van der Waals surface area contributed by atoms with Crippen molar-refractivity contribution in [3.05, 3.63) is 77.0 Å². The second kappa shape index (κ2) is 6.17. The molecule has 0 radical (unpaired) electrons. The molecule has 0 aliphatic heterocycles. The smallest absolute Gasteiger partial charge is 0.150 e. The Morgan fingerprint density at radius 3 is 2.60 bits per heavy atom. The number of fused-ring (bicyclic) bond motifs is 3. The number of benzene rings is 2. The van der Waals surface area contributed by atoms with Crippen LogP contribution in [0.25, 0.3) is 21.8 Å². The zero-order valence-corrected chi connectivity index (χ0v) is 14.6. The van der Waals surface area contributed by atoms with Crippen LogP contribution in [0.2, 0.25) is 0 Å². The Labute approximate surface area is 147 Å². The number of para-hydroxylation sites is 1. The highest BCUT2D eigenvalue weighted by atomic mass is 14.9. The molecule has 0 unspecified atom stereocenters. The average molecular weight is 327 g/mol. The molecule has 0 aliphatic rings. The molecule has 0 amide bonds. The van der Waals surface area contributed by atoms with E-state index in [1.807, 2.05) is 24.4 Å². The maximum absolute atomic E-state index is 6.10. The van der Waals surface area contributed by atoms with Gasteiger partial charge in [0.05, 0.1) is 5.52 Å². The zero-order chi connectivity index (χ0) is 17.4. The van der Waals surface area contributed by atoms with Crippen LogP contribution >= 0.6 is 0 Å². The van der Waals surface area contributed by atoms with Crippen molar-refractivity contribution >= 4 is 27.6 Å². The molecular formula is C22H21N3. The quantitative estimate of drug-likeness (QED) is 0.552. The third-order valence-electron chi connectivity index (χ3n) is 4.80. The Balaban J connectivity index is 1.72. The lowest BCUT2D eigenvalue weighted by atomic mass is 9.98. The number of pyridine rings is 2. The summed E-state index contributed by atoms with van der Waals surface area (Å²) in [6, 6.07) is 17.0. The first-order valence-electron chi connectivity index (χ1n) is 8.61. The summed E-state index contributed by atoms with van der Waals surface area (Å²) in [5.74, 6) is 0.495. The summed E-state index contributed by atoms with van der Waals surface area (Å²) in [6.07, 6.45) is 3.90. The number of hydrogen-bond acceptors (Lipinski definition) is 3. The molecule has 4 rings (SSSR count). The normalized spacial score (nSPS) is 11.3. The monoisotopic (exact) mass is 327 g/mol. The molecule has 0 spiro atoms. The number of aryl methyl sites for hydroxylation is 4. The van der Waals surface area contributed by atoms with Crippen molar-refractivity contribution in [2.75, 3.05) is 5.73 Å². The number of aromatic nitrogens is 2. The van der Waals surface area contributed by atoms with E-state index in [-0.39, 0.29) is 0 Å². The van der Waals surface area contributed by atoms with Crippen LogP contribution in [0.1, 0.15) is 22.3 Å². The fraction of sp³-hybridized carbons (Fsp3) is 0.182. The van der Waals surface area contributed by atoms with Crippen LogP contribution in [0.4, 0.5) is 5.82 Å². The number of hydrogen-bond donors (Lipinski definition) is 1. The molecule has 3 nitrogen and oxygen atoms in total. The molecule has 0 bridgehead atoms. The van der Waals surface area contributed by atoms with E-state index < -0.39 is 0 Å². The van der Waals surface area contributed by atoms with Gasteiger partial charge < -0.3 is 5.73 Å². The minimum absolute atomic E-state index is 0.495. The van der Waals surface area contributed by atoms with Crippen LogP contribution in [0.3, 0.4) is 0 Å². The molecule has 0 saturated carbocycles. The molecule has 2 heterocycles. The first kappa shape index (κ1) is 15.6. The van der Waals surface area contributed by atoms with Gasteiger partial charge in [0.1, 0.15) is 5.52 Å². The van der Waals surface area contributed by atoms with Gasteiger partial charge in [-0.1, -0.05) is 42.0 Å². The van der Waals surface area contributed by atoms with Gasteiger partial charge in [-0.3, -0.25) is 4.98 Å². The van der Waals surface area contributed by atoms with Gasteiger partial charge in [0.25, 0.3) is 0 Å². The summed E-state index contributed by atoms with van der Waals surface area (Å²) in [7, 11) is 0. The van der Waals surface area contributed by atoms with E-state index in [1.54, 1.807) is 0 Å². The maximum atomic E-state index is 6.10. The largest absolute Gasteiger partial charge is 0.382 e. The third-order valence-corrected chi connectivity index (χ3v) is 4.80. The van der Waals surface area contributed by atoms with E-state index >= 15 is 0 Å². The predicted octanol–water partition coefficient (Wildman–Crippen LogP) is 4.77. The lowest BCUT2D eigenvalue weighted by Gasteiger charge is -2.09. The Morgan fingerprint density at radius 1 is 0.920 bits per heavy atom. The zero-order valence-electron chi connectivity index (χ0n) is 14.6. The number of nitrogen functional groups attached to an aromatic ring is 1. The minimum atomic E-state index is 0.495. The molecule has 3 heteroatoms. The molecule has 0 atom stereocenters. The van der Waals surface area contributed by atoms with E-state index in [2.05, 4.69) is 54.1 Å². The lowest BCUT2D eigenvalue weighted by Crippen LogP contribution is -1.98. The van der Waals surface area contributed by atoms with Crippen molar-refractivity contribution in [2.24, 2.45) is 0 Å². The predicted molar refractivity (Wildman–Crippen MR) is 105 cm³/mol. The molecule has 0 saturated heterocycles. The Bertz CT molecular complexity index is 1080. The van der Waals surface area contributed by atoms with Crippen molar-refractivity contribution in [1.82, 2.24) is 9.97 Å². The summed E-state index contributed by atoms with van der Waals surface area (Å²) in [6.45, 7) is 4.31. The van der Waals surface area contributed by atoms with Crippen molar-refractivity contribution in [3.63, 3.8) is 0 Å². The van der Waals surface area contributed by atoms with Gasteiger partial charge in [-0.25, -0.2) is 4.98 Å². The third kappa shape index (κ3) is 2.93. The second-order valence-electron chi connectivity index (χ2n) is 6.68. The number of rotatable bonds is 3. The summed E-state index contributed by atoms with van der Waals surface area (Å²) in [5.41, 5.74) is 13.1. The molecule has 124 valence electrons. The highest BCUT2D eigenvalue weighted by molar-refractivity contribution is 6.08. The van der Waals surface area contributed by atoms with Gasteiger partial charge in [-0.15, -0.1) is 0 Å². The Hall–Kier alpha value is -2.94. The Morgan fingerprint density at radius 2 is 1.76 bits per heavy atom. The summed E-state index contributed by atoms with van der Waals surface area (Å²) in [5, 5.41) is 2.19.